The molecule has 0 aromatic heterocycles. The van der Waals surface area contributed by atoms with Gasteiger partial charge in [0.2, 0.25) is 0 Å². The van der Waals surface area contributed by atoms with Crippen molar-refractivity contribution in [3.63, 3.8) is 0 Å². The molecule has 0 aliphatic carbocycles. The summed E-state index contributed by atoms with van der Waals surface area (Å²) in [4.78, 5) is 4.67. The molecule has 3 aromatic carbocycles. The minimum absolute atomic E-state index is 0.00453. The highest BCUT2D eigenvalue weighted by Crippen LogP contribution is 2.34. The number of anilines is 3. The second-order valence-electron chi connectivity index (χ2n) is 9.28. The van der Waals surface area contributed by atoms with Crippen molar-refractivity contribution in [2.45, 2.75) is 52.5 Å². The topological polar surface area (TPSA) is 18.5 Å². The van der Waals surface area contributed by atoms with E-state index in [-0.39, 0.29) is 6.04 Å². The Labute approximate surface area is 211 Å². The summed E-state index contributed by atoms with van der Waals surface area (Å²) in [6, 6.07) is 23.7. The maximum atomic E-state index is 6.54. The van der Waals surface area contributed by atoms with Gasteiger partial charge in [0.1, 0.15) is 0 Å². The monoisotopic (exact) mass is 477 g/mol. The van der Waals surface area contributed by atoms with Gasteiger partial charge >= 0.3 is 0 Å². The number of hydrogen-bond acceptors (Lipinski definition) is 3. The Morgan fingerprint density at radius 1 is 0.824 bits per heavy atom. The first-order chi connectivity index (χ1) is 16.4. The molecule has 0 saturated carbocycles. The Morgan fingerprint density at radius 2 is 1.44 bits per heavy atom. The maximum absolute atomic E-state index is 6.54. The van der Waals surface area contributed by atoms with Gasteiger partial charge in [-0.05, 0) is 72.9 Å². The summed E-state index contributed by atoms with van der Waals surface area (Å²) >= 11 is 6.54. The number of nitrogens with one attached hydrogen (secondary N) is 1. The van der Waals surface area contributed by atoms with E-state index in [1.165, 1.54) is 53.7 Å². The zero-order valence-corrected chi connectivity index (χ0v) is 22.2. The zero-order chi connectivity index (χ0) is 24.5. The van der Waals surface area contributed by atoms with E-state index in [9.17, 15) is 0 Å². The average molecular weight is 478 g/mol. The molecule has 3 rings (SSSR count). The number of para-hydroxylation sites is 1. The first-order valence-corrected chi connectivity index (χ1v) is 13.0. The van der Waals surface area contributed by atoms with Gasteiger partial charge in [-0.3, -0.25) is 0 Å². The molecular weight excluding hydrogens is 438 g/mol. The second kappa shape index (κ2) is 12.7. The molecular formula is C30H40ClN3. The lowest BCUT2D eigenvalue weighted by Gasteiger charge is -2.28. The highest BCUT2D eigenvalue weighted by Gasteiger charge is 2.19. The predicted octanol–water partition coefficient (Wildman–Crippen LogP) is 8.32. The predicted molar refractivity (Wildman–Crippen MR) is 151 cm³/mol. The lowest BCUT2D eigenvalue weighted by atomic mass is 9.93. The minimum Gasteiger partial charge on any atom is -0.378 e. The molecule has 182 valence electrons. The molecule has 0 amide bonds. The van der Waals surface area contributed by atoms with Crippen LogP contribution in [0.1, 0.15) is 62.3 Å². The van der Waals surface area contributed by atoms with E-state index in [0.29, 0.717) is 0 Å². The van der Waals surface area contributed by atoms with Gasteiger partial charge in [0.25, 0.3) is 0 Å². The van der Waals surface area contributed by atoms with Crippen LogP contribution in [0.15, 0.2) is 66.7 Å². The van der Waals surface area contributed by atoms with Crippen molar-refractivity contribution >= 4 is 28.7 Å². The van der Waals surface area contributed by atoms with Crippen molar-refractivity contribution in [3.8, 4) is 0 Å². The molecule has 0 spiro atoms. The lowest BCUT2D eigenvalue weighted by molar-refractivity contribution is 0.677. The van der Waals surface area contributed by atoms with Gasteiger partial charge in [0.05, 0.1) is 16.8 Å². The Kier molecular flexibility index (Phi) is 9.71. The zero-order valence-electron chi connectivity index (χ0n) is 21.4. The molecule has 0 aliphatic rings. The summed E-state index contributed by atoms with van der Waals surface area (Å²) in [6.07, 6.45) is 4.87. The Bertz CT molecular complexity index is 1020. The minimum atomic E-state index is 0.00453. The Hall–Kier alpha value is -2.65. The van der Waals surface area contributed by atoms with Crippen molar-refractivity contribution < 1.29 is 0 Å². The second-order valence-corrected chi connectivity index (χ2v) is 9.69. The van der Waals surface area contributed by atoms with Crippen molar-refractivity contribution in [2.75, 3.05) is 42.3 Å². The summed E-state index contributed by atoms with van der Waals surface area (Å²) < 4.78 is 0. The van der Waals surface area contributed by atoms with E-state index in [4.69, 9.17) is 11.6 Å². The highest BCUT2D eigenvalue weighted by molar-refractivity contribution is 6.33. The third kappa shape index (κ3) is 6.70. The molecule has 3 nitrogen and oxygen atoms in total. The van der Waals surface area contributed by atoms with Crippen molar-refractivity contribution in [1.29, 1.82) is 0 Å². The number of halogens is 1. The fourth-order valence-electron chi connectivity index (χ4n) is 4.29. The Morgan fingerprint density at radius 3 is 2.00 bits per heavy atom. The van der Waals surface area contributed by atoms with Crippen LogP contribution in [-0.4, -0.2) is 27.2 Å². The number of unbranched alkanes of at least 4 members (excludes halogenated alkanes) is 2. The standard InChI is InChI=1S/C30H40ClN3/c1-6-8-20-34(21-9-7-2)26-18-19-27(23(3)22-26)30(32-29-13-11-10-12-28(29)31)24-14-16-25(17-15-24)33(4)5/h10-19,22,30,32H,6-9,20-21H2,1-5H3. The van der Waals surface area contributed by atoms with Crippen molar-refractivity contribution in [2.24, 2.45) is 0 Å². The van der Waals surface area contributed by atoms with E-state index in [2.05, 4.69) is 92.4 Å². The smallest absolute Gasteiger partial charge is 0.0770 e. The van der Waals surface area contributed by atoms with Crippen LogP contribution in [0.2, 0.25) is 5.02 Å². The molecule has 0 aliphatic heterocycles. The number of nitrogens with zero attached hydrogens (tertiary/aromatic N) is 2. The van der Waals surface area contributed by atoms with Crippen LogP contribution in [0.3, 0.4) is 0 Å². The molecule has 0 radical (unpaired) electrons. The summed E-state index contributed by atoms with van der Waals surface area (Å²) in [5, 5.41) is 4.46. The van der Waals surface area contributed by atoms with Gasteiger partial charge < -0.3 is 15.1 Å². The van der Waals surface area contributed by atoms with Crippen LogP contribution in [0, 0.1) is 6.92 Å². The molecule has 0 bridgehead atoms. The molecule has 34 heavy (non-hydrogen) atoms. The van der Waals surface area contributed by atoms with Gasteiger partial charge in [-0.25, -0.2) is 0 Å². The molecule has 4 heteroatoms. The van der Waals surface area contributed by atoms with Crippen LogP contribution >= 0.6 is 11.6 Å². The quantitative estimate of drug-likeness (QED) is 0.283. The van der Waals surface area contributed by atoms with E-state index >= 15 is 0 Å². The first-order valence-electron chi connectivity index (χ1n) is 12.6. The average Bonchev–Trinajstić information content (AvgIpc) is 2.84. The SMILES string of the molecule is CCCCN(CCCC)c1ccc(C(Nc2ccccc2Cl)c2ccc(N(C)C)cc2)c(C)c1. The molecule has 3 aromatic rings. The molecule has 1 unspecified atom stereocenters. The van der Waals surface area contributed by atoms with E-state index in [1.54, 1.807) is 0 Å². The highest BCUT2D eigenvalue weighted by atomic mass is 35.5. The van der Waals surface area contributed by atoms with E-state index < -0.39 is 0 Å². The number of benzene rings is 3. The number of hydrogen-bond donors (Lipinski definition) is 1. The lowest BCUT2D eigenvalue weighted by Crippen LogP contribution is -2.26. The fraction of sp³-hybridized carbons (Fsp3) is 0.400. The van der Waals surface area contributed by atoms with Crippen LogP contribution < -0.4 is 15.1 Å². The van der Waals surface area contributed by atoms with Gasteiger partial charge in [-0.2, -0.15) is 0 Å². The van der Waals surface area contributed by atoms with Crippen molar-refractivity contribution in [3.05, 3.63) is 88.4 Å². The Balaban J connectivity index is 1.98. The largest absolute Gasteiger partial charge is 0.378 e. The summed E-state index contributed by atoms with van der Waals surface area (Å²) in [5.74, 6) is 0. The van der Waals surface area contributed by atoms with Gasteiger partial charge in [0, 0.05) is 38.6 Å². The van der Waals surface area contributed by atoms with Gasteiger partial charge in [0.15, 0.2) is 0 Å². The van der Waals surface area contributed by atoms with Gasteiger partial charge in [-0.15, -0.1) is 0 Å². The third-order valence-corrected chi connectivity index (χ3v) is 6.74. The van der Waals surface area contributed by atoms with Crippen LogP contribution in [0.5, 0.6) is 0 Å². The molecule has 0 heterocycles. The maximum Gasteiger partial charge on any atom is 0.0770 e. The third-order valence-electron chi connectivity index (χ3n) is 6.41. The molecule has 0 fully saturated rings. The fourth-order valence-corrected chi connectivity index (χ4v) is 4.48. The molecule has 0 saturated heterocycles. The van der Waals surface area contributed by atoms with Crippen LogP contribution in [0.4, 0.5) is 17.1 Å². The number of rotatable bonds is 12. The first kappa shape index (κ1) is 26.0. The summed E-state index contributed by atoms with van der Waals surface area (Å²) in [7, 11) is 4.14. The van der Waals surface area contributed by atoms with Crippen molar-refractivity contribution in [1.82, 2.24) is 0 Å². The van der Waals surface area contributed by atoms with Gasteiger partial charge in [-0.1, -0.05) is 68.6 Å². The van der Waals surface area contributed by atoms with Crippen LogP contribution in [-0.2, 0) is 0 Å². The summed E-state index contributed by atoms with van der Waals surface area (Å²) in [5.41, 5.74) is 7.23. The number of aryl methyl sites for hydroxylation is 1. The molecule has 1 N–H and O–H groups in total. The van der Waals surface area contributed by atoms with E-state index in [0.717, 1.165) is 23.8 Å². The van der Waals surface area contributed by atoms with Crippen LogP contribution in [0.25, 0.3) is 0 Å². The van der Waals surface area contributed by atoms with E-state index in [1.807, 2.05) is 24.3 Å². The normalized spacial score (nSPS) is 11.8. The summed E-state index contributed by atoms with van der Waals surface area (Å²) in [6.45, 7) is 8.98. The molecule has 1 atom stereocenters.